The van der Waals surface area contributed by atoms with Gasteiger partial charge in [-0.25, -0.2) is 0 Å². The normalized spacial score (nSPS) is 21.5. The smallest absolute Gasteiger partial charge is 0.307 e. The summed E-state index contributed by atoms with van der Waals surface area (Å²) in [4.78, 5) is 21.7. The molecule has 0 aromatic carbocycles. The van der Waals surface area contributed by atoms with Gasteiger partial charge in [0, 0.05) is 6.54 Å². The SMILES string of the molecule is C[C@@H]1CCCC[C@H]1OCCNC(=O)Cn1cc([N+](=O)[O-])cn1. The summed E-state index contributed by atoms with van der Waals surface area (Å²) in [5, 5.41) is 17.0. The van der Waals surface area contributed by atoms with Crippen LogP contribution in [0.1, 0.15) is 32.6 Å². The molecule has 0 bridgehead atoms. The number of hydrogen-bond donors (Lipinski definition) is 1. The van der Waals surface area contributed by atoms with Crippen molar-refractivity contribution in [1.82, 2.24) is 15.1 Å². The first-order chi connectivity index (χ1) is 10.6. The first-order valence-corrected chi connectivity index (χ1v) is 7.61. The van der Waals surface area contributed by atoms with Gasteiger partial charge >= 0.3 is 5.69 Å². The molecule has 0 unspecified atom stereocenters. The van der Waals surface area contributed by atoms with Gasteiger partial charge in [-0.3, -0.25) is 19.6 Å². The summed E-state index contributed by atoms with van der Waals surface area (Å²) >= 11 is 0. The average molecular weight is 310 g/mol. The van der Waals surface area contributed by atoms with Gasteiger partial charge in [0.15, 0.2) is 0 Å². The number of ether oxygens (including phenoxy) is 1. The maximum Gasteiger partial charge on any atom is 0.307 e. The predicted octanol–water partition coefficient (Wildman–Crippen LogP) is 1.50. The lowest BCUT2D eigenvalue weighted by atomic mass is 9.88. The summed E-state index contributed by atoms with van der Waals surface area (Å²) in [7, 11) is 0. The van der Waals surface area contributed by atoms with E-state index in [1.807, 2.05) is 0 Å². The standard InChI is InChI=1S/C14H22N4O4/c1-11-4-2-3-5-13(11)22-7-6-15-14(19)10-17-9-12(8-16-17)18(20)21/h8-9,11,13H,2-7,10H2,1H3,(H,15,19)/t11-,13-/m1/s1. The summed E-state index contributed by atoms with van der Waals surface area (Å²) in [6.07, 6.45) is 7.43. The van der Waals surface area contributed by atoms with Crippen LogP contribution in [0.3, 0.4) is 0 Å². The van der Waals surface area contributed by atoms with E-state index in [0.29, 0.717) is 25.2 Å². The molecule has 2 atom stereocenters. The van der Waals surface area contributed by atoms with Crippen LogP contribution in [0.2, 0.25) is 0 Å². The molecule has 122 valence electrons. The Hall–Kier alpha value is -1.96. The van der Waals surface area contributed by atoms with Crippen LogP contribution in [0, 0.1) is 16.0 Å². The Morgan fingerprint density at radius 3 is 3.00 bits per heavy atom. The average Bonchev–Trinajstić information content (AvgIpc) is 2.94. The molecule has 2 rings (SSSR count). The topological polar surface area (TPSA) is 99.3 Å². The lowest BCUT2D eigenvalue weighted by molar-refractivity contribution is -0.385. The fourth-order valence-electron chi connectivity index (χ4n) is 2.67. The Morgan fingerprint density at radius 1 is 1.55 bits per heavy atom. The molecule has 1 saturated carbocycles. The first kappa shape index (κ1) is 16.4. The van der Waals surface area contributed by atoms with Crippen molar-refractivity contribution in [2.75, 3.05) is 13.2 Å². The molecule has 1 N–H and O–H groups in total. The van der Waals surface area contributed by atoms with E-state index in [2.05, 4.69) is 17.3 Å². The number of carbonyl (C=O) groups excluding carboxylic acids is 1. The molecule has 8 heteroatoms. The van der Waals surface area contributed by atoms with Gasteiger partial charge in [-0.05, 0) is 18.8 Å². The van der Waals surface area contributed by atoms with Crippen molar-refractivity contribution in [3.8, 4) is 0 Å². The fourth-order valence-corrected chi connectivity index (χ4v) is 2.67. The van der Waals surface area contributed by atoms with Crippen LogP contribution in [0.5, 0.6) is 0 Å². The van der Waals surface area contributed by atoms with E-state index in [1.165, 1.54) is 30.1 Å². The highest BCUT2D eigenvalue weighted by Crippen LogP contribution is 2.25. The molecular formula is C14H22N4O4. The Morgan fingerprint density at radius 2 is 2.32 bits per heavy atom. The molecule has 0 radical (unpaired) electrons. The van der Waals surface area contributed by atoms with E-state index in [-0.39, 0.29) is 18.1 Å². The van der Waals surface area contributed by atoms with Crippen LogP contribution in [0.4, 0.5) is 5.69 Å². The van der Waals surface area contributed by atoms with E-state index in [4.69, 9.17) is 4.74 Å². The zero-order valence-corrected chi connectivity index (χ0v) is 12.7. The number of aromatic nitrogens is 2. The minimum atomic E-state index is -0.541. The van der Waals surface area contributed by atoms with Gasteiger partial charge in [-0.2, -0.15) is 5.10 Å². The largest absolute Gasteiger partial charge is 0.376 e. The lowest BCUT2D eigenvalue weighted by Gasteiger charge is -2.28. The number of hydrogen-bond acceptors (Lipinski definition) is 5. The summed E-state index contributed by atoms with van der Waals surface area (Å²) in [5.74, 6) is 0.340. The Labute approximate surface area is 129 Å². The van der Waals surface area contributed by atoms with Crippen molar-refractivity contribution in [3.05, 3.63) is 22.5 Å². The number of nitrogens with zero attached hydrogens (tertiary/aromatic N) is 3. The highest BCUT2D eigenvalue weighted by Gasteiger charge is 2.21. The molecule has 0 aliphatic heterocycles. The van der Waals surface area contributed by atoms with E-state index in [1.54, 1.807) is 0 Å². The first-order valence-electron chi connectivity index (χ1n) is 7.61. The minimum Gasteiger partial charge on any atom is -0.376 e. The number of rotatable bonds is 7. The molecule has 1 fully saturated rings. The molecule has 1 heterocycles. The molecule has 8 nitrogen and oxygen atoms in total. The summed E-state index contributed by atoms with van der Waals surface area (Å²) in [6.45, 7) is 3.09. The number of amides is 1. The number of nitro groups is 1. The number of nitrogens with one attached hydrogen (secondary N) is 1. The third-order valence-corrected chi connectivity index (χ3v) is 3.92. The maximum atomic E-state index is 11.7. The molecule has 1 aliphatic rings. The third-order valence-electron chi connectivity index (χ3n) is 3.92. The zero-order chi connectivity index (χ0) is 15.9. The molecule has 0 saturated heterocycles. The van der Waals surface area contributed by atoms with Crippen LogP contribution in [0.25, 0.3) is 0 Å². The van der Waals surface area contributed by atoms with E-state index < -0.39 is 4.92 Å². The Kier molecular flexibility index (Phi) is 5.88. The second-order valence-corrected chi connectivity index (χ2v) is 5.67. The van der Waals surface area contributed by atoms with Crippen LogP contribution < -0.4 is 5.32 Å². The predicted molar refractivity (Wildman–Crippen MR) is 79.3 cm³/mol. The van der Waals surface area contributed by atoms with E-state index in [0.717, 1.165) is 12.6 Å². The summed E-state index contributed by atoms with van der Waals surface area (Å²) < 4.78 is 7.05. The molecular weight excluding hydrogens is 288 g/mol. The van der Waals surface area contributed by atoms with Crippen LogP contribution >= 0.6 is 0 Å². The van der Waals surface area contributed by atoms with Crippen molar-refractivity contribution in [3.63, 3.8) is 0 Å². The molecule has 1 aromatic rings. The van der Waals surface area contributed by atoms with Gasteiger partial charge in [-0.1, -0.05) is 19.8 Å². The number of carbonyl (C=O) groups is 1. The second-order valence-electron chi connectivity index (χ2n) is 5.67. The van der Waals surface area contributed by atoms with Gasteiger partial charge in [0.1, 0.15) is 18.9 Å². The quantitative estimate of drug-likeness (QED) is 0.467. The van der Waals surface area contributed by atoms with Gasteiger partial charge in [0.2, 0.25) is 5.91 Å². The highest BCUT2D eigenvalue weighted by atomic mass is 16.6. The van der Waals surface area contributed by atoms with Crippen molar-refractivity contribution in [2.24, 2.45) is 5.92 Å². The lowest BCUT2D eigenvalue weighted by Crippen LogP contribution is -2.33. The van der Waals surface area contributed by atoms with Crippen molar-refractivity contribution in [2.45, 2.75) is 45.3 Å². The van der Waals surface area contributed by atoms with Crippen LogP contribution in [-0.4, -0.2) is 39.9 Å². The molecule has 1 amide bonds. The van der Waals surface area contributed by atoms with Crippen molar-refractivity contribution in [1.29, 1.82) is 0 Å². The van der Waals surface area contributed by atoms with Crippen LogP contribution in [-0.2, 0) is 16.1 Å². The summed E-state index contributed by atoms with van der Waals surface area (Å²) in [6, 6.07) is 0. The zero-order valence-electron chi connectivity index (χ0n) is 12.7. The molecule has 0 spiro atoms. The molecule has 1 aromatic heterocycles. The van der Waals surface area contributed by atoms with E-state index in [9.17, 15) is 14.9 Å². The van der Waals surface area contributed by atoms with Crippen molar-refractivity contribution >= 4 is 11.6 Å². The second kappa shape index (κ2) is 7.88. The van der Waals surface area contributed by atoms with Crippen LogP contribution in [0.15, 0.2) is 12.4 Å². The van der Waals surface area contributed by atoms with Gasteiger partial charge in [0.25, 0.3) is 0 Å². The van der Waals surface area contributed by atoms with Gasteiger partial charge in [-0.15, -0.1) is 0 Å². The van der Waals surface area contributed by atoms with Crippen molar-refractivity contribution < 1.29 is 14.5 Å². The molecule has 22 heavy (non-hydrogen) atoms. The Bertz CT molecular complexity index is 517. The van der Waals surface area contributed by atoms with Gasteiger partial charge < -0.3 is 10.1 Å². The summed E-state index contributed by atoms with van der Waals surface area (Å²) in [5.41, 5.74) is -0.123. The molecule has 1 aliphatic carbocycles. The van der Waals surface area contributed by atoms with E-state index >= 15 is 0 Å². The monoisotopic (exact) mass is 310 g/mol. The third kappa shape index (κ3) is 4.80. The Balaban J connectivity index is 1.64. The minimum absolute atomic E-state index is 0.0341. The fraction of sp³-hybridized carbons (Fsp3) is 0.714. The maximum absolute atomic E-state index is 11.7. The van der Waals surface area contributed by atoms with Gasteiger partial charge in [0.05, 0.1) is 17.6 Å². The highest BCUT2D eigenvalue weighted by molar-refractivity contribution is 5.75.